The fraction of sp³-hybridized carbons (Fsp3) is 0.350. The molecule has 1 amide bonds. The van der Waals surface area contributed by atoms with E-state index in [0.717, 1.165) is 31.2 Å². The van der Waals surface area contributed by atoms with E-state index in [4.69, 9.17) is 0 Å². The Morgan fingerprint density at radius 3 is 2.33 bits per heavy atom. The first-order valence-electron chi connectivity index (χ1n) is 9.14. The van der Waals surface area contributed by atoms with Gasteiger partial charge in [0.25, 0.3) is 0 Å². The second-order valence-electron chi connectivity index (χ2n) is 7.19. The van der Waals surface area contributed by atoms with Gasteiger partial charge in [-0.05, 0) is 49.4 Å². The molecule has 1 saturated heterocycles. The van der Waals surface area contributed by atoms with E-state index < -0.39 is 15.4 Å². The number of rotatable bonds is 5. The van der Waals surface area contributed by atoms with Crippen molar-refractivity contribution in [2.75, 3.05) is 18.4 Å². The van der Waals surface area contributed by atoms with Crippen molar-refractivity contribution in [1.29, 1.82) is 0 Å². The summed E-state index contributed by atoms with van der Waals surface area (Å²) in [4.78, 5) is 13.0. The first-order chi connectivity index (χ1) is 12.9. The van der Waals surface area contributed by atoms with Crippen molar-refractivity contribution >= 4 is 21.6 Å². The molecule has 0 radical (unpaired) electrons. The highest BCUT2D eigenvalue weighted by Gasteiger charge is 2.51. The number of hydrogen-bond donors (Lipinski definition) is 2. The predicted octanol–water partition coefficient (Wildman–Crippen LogP) is 2.85. The Hall–Kier alpha value is -2.38. The third-order valence-electron chi connectivity index (χ3n) is 5.43. The van der Waals surface area contributed by atoms with Gasteiger partial charge in [-0.3, -0.25) is 4.79 Å². The lowest BCUT2D eigenvalue weighted by molar-refractivity contribution is -0.118. The summed E-state index contributed by atoms with van der Waals surface area (Å²) in [6, 6.07) is 13.6. The van der Waals surface area contributed by atoms with Gasteiger partial charge in [-0.1, -0.05) is 30.3 Å². The van der Waals surface area contributed by atoms with Gasteiger partial charge in [0.05, 0.1) is 16.0 Å². The molecule has 1 heterocycles. The number of phenolic OH excluding ortho intramolecular Hbond substituents is 1. The first-order valence-corrected chi connectivity index (χ1v) is 10.6. The maximum atomic E-state index is 12.9. The smallest absolute Gasteiger partial charge is 0.243 e. The van der Waals surface area contributed by atoms with Crippen molar-refractivity contribution in [2.45, 2.75) is 36.0 Å². The van der Waals surface area contributed by atoms with Crippen LogP contribution in [-0.4, -0.2) is 36.8 Å². The van der Waals surface area contributed by atoms with Crippen molar-refractivity contribution in [1.82, 2.24) is 4.31 Å². The molecule has 2 aromatic carbocycles. The molecule has 0 unspecified atom stereocenters. The van der Waals surface area contributed by atoms with Crippen LogP contribution in [0.15, 0.2) is 53.4 Å². The van der Waals surface area contributed by atoms with Crippen molar-refractivity contribution in [2.24, 2.45) is 0 Å². The fourth-order valence-electron chi connectivity index (χ4n) is 3.62. The lowest BCUT2D eigenvalue weighted by atomic mass is 9.95. The van der Waals surface area contributed by atoms with Gasteiger partial charge in [0.1, 0.15) is 5.75 Å². The molecule has 0 aromatic heterocycles. The maximum absolute atomic E-state index is 12.9. The van der Waals surface area contributed by atoms with Crippen LogP contribution in [0, 0.1) is 0 Å². The quantitative estimate of drug-likeness (QED) is 0.774. The second kappa shape index (κ2) is 6.65. The third-order valence-corrected chi connectivity index (χ3v) is 7.32. The van der Waals surface area contributed by atoms with Crippen molar-refractivity contribution in [3.05, 3.63) is 54.1 Å². The average Bonchev–Trinajstić information content (AvgIpc) is 3.29. The first kappa shape index (κ1) is 18.0. The van der Waals surface area contributed by atoms with E-state index in [-0.39, 0.29) is 22.2 Å². The molecule has 0 atom stereocenters. The summed E-state index contributed by atoms with van der Waals surface area (Å²) in [7, 11) is -3.61. The Balaban J connectivity index is 1.60. The summed E-state index contributed by atoms with van der Waals surface area (Å²) >= 11 is 0. The fourth-order valence-corrected chi connectivity index (χ4v) is 5.17. The third kappa shape index (κ3) is 3.21. The molecule has 2 fully saturated rings. The van der Waals surface area contributed by atoms with Crippen LogP contribution in [0.3, 0.4) is 0 Å². The monoisotopic (exact) mass is 386 g/mol. The number of hydrogen-bond acceptors (Lipinski definition) is 4. The summed E-state index contributed by atoms with van der Waals surface area (Å²) < 4.78 is 26.9. The Kier molecular flexibility index (Phi) is 4.44. The zero-order valence-corrected chi connectivity index (χ0v) is 15.7. The van der Waals surface area contributed by atoms with E-state index in [9.17, 15) is 18.3 Å². The zero-order chi connectivity index (χ0) is 19.1. The number of aromatic hydroxyl groups is 1. The summed E-state index contributed by atoms with van der Waals surface area (Å²) in [6.07, 6.45) is 3.16. The molecule has 1 aliphatic heterocycles. The van der Waals surface area contributed by atoms with E-state index in [0.29, 0.717) is 13.1 Å². The van der Waals surface area contributed by atoms with Gasteiger partial charge in [0.15, 0.2) is 0 Å². The van der Waals surface area contributed by atoms with Crippen molar-refractivity contribution < 1.29 is 18.3 Å². The number of benzene rings is 2. The normalized spacial score (nSPS) is 19.0. The number of amides is 1. The van der Waals surface area contributed by atoms with Crippen LogP contribution in [0.5, 0.6) is 5.75 Å². The number of carbonyl (C=O) groups excluding carboxylic acids is 1. The number of sulfonamides is 1. The van der Waals surface area contributed by atoms with Gasteiger partial charge in [0.2, 0.25) is 15.9 Å². The topological polar surface area (TPSA) is 86.7 Å². The molecular formula is C20H22N2O4S. The Morgan fingerprint density at radius 1 is 1.04 bits per heavy atom. The highest BCUT2D eigenvalue weighted by Crippen LogP contribution is 2.49. The number of anilines is 1. The summed E-state index contributed by atoms with van der Waals surface area (Å²) in [6.45, 7) is 1.00. The number of carbonyl (C=O) groups is 1. The summed E-state index contributed by atoms with van der Waals surface area (Å²) in [5.41, 5.74) is 0.461. The van der Waals surface area contributed by atoms with Gasteiger partial charge in [0, 0.05) is 13.1 Å². The highest BCUT2D eigenvalue weighted by molar-refractivity contribution is 7.89. The summed E-state index contributed by atoms with van der Waals surface area (Å²) in [5, 5.41) is 12.9. The van der Waals surface area contributed by atoms with Gasteiger partial charge in [-0.15, -0.1) is 0 Å². The molecule has 2 aliphatic rings. The van der Waals surface area contributed by atoms with Gasteiger partial charge in [-0.25, -0.2) is 8.42 Å². The van der Waals surface area contributed by atoms with Gasteiger partial charge >= 0.3 is 0 Å². The minimum atomic E-state index is -3.61. The molecule has 1 saturated carbocycles. The maximum Gasteiger partial charge on any atom is 0.243 e. The second-order valence-corrected chi connectivity index (χ2v) is 9.13. The van der Waals surface area contributed by atoms with Gasteiger partial charge in [-0.2, -0.15) is 4.31 Å². The molecule has 27 heavy (non-hydrogen) atoms. The van der Waals surface area contributed by atoms with Gasteiger partial charge < -0.3 is 10.4 Å². The lowest BCUT2D eigenvalue weighted by Crippen LogP contribution is -2.29. The Morgan fingerprint density at radius 2 is 1.70 bits per heavy atom. The van der Waals surface area contributed by atoms with E-state index >= 15 is 0 Å². The Labute approximate surface area is 158 Å². The standard InChI is InChI=1S/C20H22N2O4S/c23-18-9-8-16(27(25,26)22-12-4-5-13-22)14-17(18)21-19(24)20(10-11-20)15-6-2-1-3-7-15/h1-3,6-9,14,23H,4-5,10-13H2,(H,21,24). The molecule has 7 heteroatoms. The molecule has 2 N–H and O–H groups in total. The molecule has 4 rings (SSSR count). The minimum Gasteiger partial charge on any atom is -0.506 e. The molecule has 6 nitrogen and oxygen atoms in total. The number of phenols is 1. The minimum absolute atomic E-state index is 0.0852. The van der Waals surface area contributed by atoms with Crippen LogP contribution in [-0.2, 0) is 20.2 Å². The van der Waals surface area contributed by atoms with Crippen molar-refractivity contribution in [3.63, 3.8) is 0 Å². The van der Waals surface area contributed by atoms with Crippen molar-refractivity contribution in [3.8, 4) is 5.75 Å². The molecule has 0 bridgehead atoms. The average molecular weight is 386 g/mol. The molecule has 1 aliphatic carbocycles. The van der Waals surface area contributed by atoms with Crippen LogP contribution < -0.4 is 5.32 Å². The number of nitrogens with zero attached hydrogens (tertiary/aromatic N) is 1. The van der Waals surface area contributed by atoms with E-state index in [1.54, 1.807) is 0 Å². The van der Waals surface area contributed by atoms with Crippen LogP contribution in [0.2, 0.25) is 0 Å². The highest BCUT2D eigenvalue weighted by atomic mass is 32.2. The Bertz CT molecular complexity index is 963. The summed E-state index contributed by atoms with van der Waals surface area (Å²) in [5.74, 6) is -0.368. The van der Waals surface area contributed by atoms with E-state index in [2.05, 4.69) is 5.32 Å². The number of nitrogens with one attached hydrogen (secondary N) is 1. The molecular weight excluding hydrogens is 364 g/mol. The lowest BCUT2D eigenvalue weighted by Gasteiger charge is -2.19. The van der Waals surface area contributed by atoms with Crippen LogP contribution in [0.1, 0.15) is 31.2 Å². The largest absolute Gasteiger partial charge is 0.506 e. The SMILES string of the molecule is O=C(Nc1cc(S(=O)(=O)N2CCCC2)ccc1O)C1(c2ccccc2)CC1. The molecule has 0 spiro atoms. The van der Waals surface area contributed by atoms with E-state index in [1.807, 2.05) is 30.3 Å². The van der Waals surface area contributed by atoms with Crippen LogP contribution in [0.25, 0.3) is 0 Å². The van der Waals surface area contributed by atoms with Crippen LogP contribution >= 0.6 is 0 Å². The molecule has 142 valence electrons. The zero-order valence-electron chi connectivity index (χ0n) is 14.9. The van der Waals surface area contributed by atoms with Crippen LogP contribution in [0.4, 0.5) is 5.69 Å². The molecule has 2 aromatic rings. The predicted molar refractivity (Wildman–Crippen MR) is 102 cm³/mol. The van der Waals surface area contributed by atoms with E-state index in [1.165, 1.54) is 22.5 Å².